The highest BCUT2D eigenvalue weighted by Gasteiger charge is 2.47. The number of aliphatic hydroxyl groups excluding tert-OH is 2. The molecule has 7 nitrogen and oxygen atoms in total. The van der Waals surface area contributed by atoms with Crippen molar-refractivity contribution in [2.24, 2.45) is 0 Å². The van der Waals surface area contributed by atoms with Gasteiger partial charge in [-0.05, 0) is 37.0 Å². The van der Waals surface area contributed by atoms with Gasteiger partial charge in [-0.25, -0.2) is 0 Å². The Hall–Kier alpha value is -1.67. The van der Waals surface area contributed by atoms with E-state index < -0.39 is 10.6 Å². The lowest BCUT2D eigenvalue weighted by atomic mass is 9.82. The zero-order chi connectivity index (χ0) is 18.0. The minimum Gasteiger partial charge on any atom is -0.461 e. The first-order valence-electron chi connectivity index (χ1n) is 8.36. The SMILES string of the molecule is O=[N+]([O-])c1cc(Cl)cc2c1OC1(N(CCO)CCO)CCCCC1=C2. The van der Waals surface area contributed by atoms with Crippen LogP contribution in [0.5, 0.6) is 5.75 Å². The van der Waals surface area contributed by atoms with Crippen molar-refractivity contribution in [3.05, 3.63) is 38.4 Å². The van der Waals surface area contributed by atoms with Gasteiger partial charge in [-0.15, -0.1) is 0 Å². The number of hydrogen-bond acceptors (Lipinski definition) is 6. The Morgan fingerprint density at radius 2 is 2.00 bits per heavy atom. The average molecular weight is 369 g/mol. The van der Waals surface area contributed by atoms with Gasteiger partial charge in [-0.1, -0.05) is 11.6 Å². The predicted molar refractivity (Wildman–Crippen MR) is 93.7 cm³/mol. The molecule has 1 saturated carbocycles. The molecular weight excluding hydrogens is 348 g/mol. The fourth-order valence-corrected chi connectivity index (χ4v) is 4.01. The zero-order valence-electron chi connectivity index (χ0n) is 13.8. The molecule has 1 aromatic rings. The van der Waals surface area contributed by atoms with Crippen LogP contribution in [0.15, 0.2) is 17.7 Å². The first kappa shape index (κ1) is 18.1. The van der Waals surface area contributed by atoms with Crippen LogP contribution in [0.3, 0.4) is 0 Å². The van der Waals surface area contributed by atoms with E-state index in [9.17, 15) is 20.3 Å². The molecule has 0 aromatic heterocycles. The van der Waals surface area contributed by atoms with Crippen LogP contribution in [0.4, 0.5) is 5.69 Å². The summed E-state index contributed by atoms with van der Waals surface area (Å²) in [6.07, 6.45) is 5.27. The van der Waals surface area contributed by atoms with Gasteiger partial charge in [-0.3, -0.25) is 15.0 Å². The second-order valence-corrected chi connectivity index (χ2v) is 6.73. The quantitative estimate of drug-likeness (QED) is 0.591. The topological polar surface area (TPSA) is 96.1 Å². The van der Waals surface area contributed by atoms with E-state index in [1.54, 1.807) is 6.07 Å². The van der Waals surface area contributed by atoms with Gasteiger partial charge in [0.05, 0.1) is 18.1 Å². The van der Waals surface area contributed by atoms with Crippen molar-refractivity contribution in [2.75, 3.05) is 26.3 Å². The van der Waals surface area contributed by atoms with Crippen LogP contribution in [0, 0.1) is 10.1 Å². The molecule has 1 heterocycles. The van der Waals surface area contributed by atoms with Crippen molar-refractivity contribution in [3.8, 4) is 5.75 Å². The summed E-state index contributed by atoms with van der Waals surface area (Å²) in [5.41, 5.74) is 0.565. The molecule has 1 aliphatic heterocycles. The number of aliphatic hydroxyl groups is 2. The summed E-state index contributed by atoms with van der Waals surface area (Å²) in [5.74, 6) is 0.195. The molecule has 1 fully saturated rings. The summed E-state index contributed by atoms with van der Waals surface area (Å²) in [4.78, 5) is 12.8. The lowest BCUT2D eigenvalue weighted by molar-refractivity contribution is -0.386. The van der Waals surface area contributed by atoms with Crippen molar-refractivity contribution >= 4 is 23.4 Å². The van der Waals surface area contributed by atoms with E-state index in [1.165, 1.54) is 6.07 Å². The molecule has 0 saturated heterocycles. The maximum atomic E-state index is 11.5. The highest BCUT2D eigenvalue weighted by molar-refractivity contribution is 6.31. The fourth-order valence-electron chi connectivity index (χ4n) is 3.79. The maximum absolute atomic E-state index is 11.5. The number of rotatable bonds is 6. The van der Waals surface area contributed by atoms with Crippen LogP contribution >= 0.6 is 11.6 Å². The van der Waals surface area contributed by atoms with E-state index in [0.29, 0.717) is 25.1 Å². The first-order valence-corrected chi connectivity index (χ1v) is 8.74. The summed E-state index contributed by atoms with van der Waals surface area (Å²) < 4.78 is 6.27. The normalized spacial score (nSPS) is 22.0. The number of nitrogens with zero attached hydrogens (tertiary/aromatic N) is 2. The Kier molecular flexibility index (Phi) is 5.29. The molecule has 1 atom stereocenters. The standard InChI is InChI=1S/C17H21ClN2O5/c18-14-10-12-9-13-3-1-2-4-17(13,19(5-7-21)6-8-22)25-16(12)15(11-14)20(23)24/h9-11,21-22H,1-8H2. The van der Waals surface area contributed by atoms with Gasteiger partial charge in [-0.2, -0.15) is 0 Å². The van der Waals surface area contributed by atoms with E-state index in [2.05, 4.69) is 0 Å². The van der Waals surface area contributed by atoms with Gasteiger partial charge >= 0.3 is 5.69 Å². The van der Waals surface area contributed by atoms with E-state index in [0.717, 1.165) is 24.8 Å². The average Bonchev–Trinajstić information content (AvgIpc) is 2.59. The van der Waals surface area contributed by atoms with Crippen molar-refractivity contribution in [2.45, 2.75) is 31.4 Å². The molecule has 0 spiro atoms. The van der Waals surface area contributed by atoms with Crippen LogP contribution in [-0.2, 0) is 0 Å². The Balaban J connectivity index is 2.14. The Morgan fingerprint density at radius 3 is 2.64 bits per heavy atom. The Bertz CT molecular complexity index is 703. The molecule has 0 bridgehead atoms. The number of fused-ring (bicyclic) bond motifs is 2. The molecule has 2 N–H and O–H groups in total. The van der Waals surface area contributed by atoms with Crippen molar-refractivity contribution in [1.82, 2.24) is 4.90 Å². The van der Waals surface area contributed by atoms with Crippen molar-refractivity contribution in [3.63, 3.8) is 0 Å². The predicted octanol–water partition coefficient (Wildman–Crippen LogP) is 2.58. The van der Waals surface area contributed by atoms with Gasteiger partial charge in [0.1, 0.15) is 0 Å². The molecule has 0 radical (unpaired) electrons. The summed E-state index contributed by atoms with van der Waals surface area (Å²) in [6.45, 7) is 0.450. The van der Waals surface area contributed by atoms with Gasteiger partial charge < -0.3 is 14.9 Å². The third-order valence-electron chi connectivity index (χ3n) is 4.82. The van der Waals surface area contributed by atoms with Crippen LogP contribution in [0.2, 0.25) is 5.02 Å². The molecule has 8 heteroatoms. The smallest absolute Gasteiger partial charge is 0.313 e. The second kappa shape index (κ2) is 7.29. The van der Waals surface area contributed by atoms with Crippen LogP contribution in [-0.4, -0.2) is 52.1 Å². The molecule has 1 unspecified atom stereocenters. The lowest BCUT2D eigenvalue weighted by Gasteiger charge is -2.49. The van der Waals surface area contributed by atoms with Gasteiger partial charge in [0.2, 0.25) is 5.75 Å². The highest BCUT2D eigenvalue weighted by Crippen LogP contribution is 2.49. The number of nitro benzene ring substituents is 1. The Morgan fingerprint density at radius 1 is 1.28 bits per heavy atom. The number of halogens is 1. The monoisotopic (exact) mass is 368 g/mol. The van der Waals surface area contributed by atoms with E-state index in [4.69, 9.17) is 16.3 Å². The van der Waals surface area contributed by atoms with Gasteiger partial charge in [0.25, 0.3) is 0 Å². The first-order chi connectivity index (χ1) is 12.0. The molecule has 1 aromatic carbocycles. The minimum atomic E-state index is -0.866. The van der Waals surface area contributed by atoms with Crippen LogP contribution in [0.25, 0.3) is 6.08 Å². The third-order valence-corrected chi connectivity index (χ3v) is 5.04. The van der Waals surface area contributed by atoms with Crippen molar-refractivity contribution in [1.29, 1.82) is 0 Å². The zero-order valence-corrected chi connectivity index (χ0v) is 14.5. The third kappa shape index (κ3) is 3.25. The summed E-state index contributed by atoms with van der Waals surface area (Å²) >= 11 is 6.03. The highest BCUT2D eigenvalue weighted by atomic mass is 35.5. The number of nitro groups is 1. The molecular formula is C17H21ClN2O5. The Labute approximate surface area is 150 Å². The summed E-state index contributed by atoms with van der Waals surface area (Å²) in [7, 11) is 0. The largest absolute Gasteiger partial charge is 0.461 e. The molecule has 3 rings (SSSR count). The minimum absolute atomic E-state index is 0.0893. The number of hydrogen-bond donors (Lipinski definition) is 2. The summed E-state index contributed by atoms with van der Waals surface area (Å²) in [6, 6.07) is 2.95. The molecule has 25 heavy (non-hydrogen) atoms. The fraction of sp³-hybridized carbons (Fsp3) is 0.529. The molecule has 2 aliphatic rings. The van der Waals surface area contributed by atoms with Crippen LogP contribution in [0.1, 0.15) is 31.2 Å². The lowest BCUT2D eigenvalue weighted by Crippen LogP contribution is -2.58. The maximum Gasteiger partial charge on any atom is 0.313 e. The summed E-state index contributed by atoms with van der Waals surface area (Å²) in [5, 5.41) is 30.6. The van der Waals surface area contributed by atoms with E-state index in [-0.39, 0.29) is 29.7 Å². The van der Waals surface area contributed by atoms with Gasteiger partial charge in [0, 0.05) is 36.2 Å². The molecule has 136 valence electrons. The van der Waals surface area contributed by atoms with E-state index in [1.807, 2.05) is 11.0 Å². The van der Waals surface area contributed by atoms with Gasteiger partial charge in [0.15, 0.2) is 5.72 Å². The molecule has 0 amide bonds. The number of ether oxygens (including phenoxy) is 1. The second-order valence-electron chi connectivity index (χ2n) is 6.30. The van der Waals surface area contributed by atoms with Crippen molar-refractivity contribution < 1.29 is 19.9 Å². The number of benzene rings is 1. The molecule has 1 aliphatic carbocycles. The van der Waals surface area contributed by atoms with E-state index >= 15 is 0 Å². The van der Waals surface area contributed by atoms with Crippen LogP contribution < -0.4 is 4.74 Å².